The van der Waals surface area contributed by atoms with Crippen molar-refractivity contribution >= 4 is 33.6 Å². The minimum atomic E-state index is -1.07. The Morgan fingerprint density at radius 3 is 2.55 bits per heavy atom. The van der Waals surface area contributed by atoms with E-state index in [-0.39, 0.29) is 17.6 Å². The Labute approximate surface area is 127 Å². The highest BCUT2D eigenvalue weighted by Gasteiger charge is 2.19. The van der Waals surface area contributed by atoms with Crippen molar-refractivity contribution in [1.29, 1.82) is 0 Å². The summed E-state index contributed by atoms with van der Waals surface area (Å²) in [5, 5.41) is 11.8. The molecular formula is C14H19BrN2O3. The number of rotatable bonds is 5. The van der Waals surface area contributed by atoms with Crippen molar-refractivity contribution in [3.63, 3.8) is 0 Å². The van der Waals surface area contributed by atoms with Crippen molar-refractivity contribution < 1.29 is 14.7 Å². The Morgan fingerprint density at radius 2 is 2.05 bits per heavy atom. The smallest absolute Gasteiger partial charge is 0.337 e. The molecule has 0 aliphatic carbocycles. The maximum atomic E-state index is 12.2. The lowest BCUT2D eigenvalue weighted by atomic mass is 10.2. The zero-order valence-electron chi connectivity index (χ0n) is 11.8. The predicted octanol–water partition coefficient (Wildman–Crippen LogP) is 3.80. The van der Waals surface area contributed by atoms with Crippen LogP contribution in [0.2, 0.25) is 0 Å². The summed E-state index contributed by atoms with van der Waals surface area (Å²) in [5.74, 6) is -1.07. The van der Waals surface area contributed by atoms with Crippen LogP contribution in [-0.2, 0) is 0 Å². The van der Waals surface area contributed by atoms with Crippen LogP contribution in [0.4, 0.5) is 10.5 Å². The molecule has 1 aromatic carbocycles. The summed E-state index contributed by atoms with van der Waals surface area (Å²) in [6.07, 6.45) is 0.843. The van der Waals surface area contributed by atoms with Crippen LogP contribution in [0, 0.1) is 0 Å². The monoisotopic (exact) mass is 342 g/mol. The van der Waals surface area contributed by atoms with E-state index in [1.807, 2.05) is 20.8 Å². The zero-order valence-corrected chi connectivity index (χ0v) is 13.4. The molecule has 2 amide bonds. The van der Waals surface area contributed by atoms with Gasteiger partial charge in [-0.25, -0.2) is 9.59 Å². The third-order valence-corrected chi connectivity index (χ3v) is 3.30. The fourth-order valence-electron chi connectivity index (χ4n) is 1.83. The topological polar surface area (TPSA) is 69.6 Å². The maximum Gasteiger partial charge on any atom is 0.337 e. The van der Waals surface area contributed by atoms with Crippen LogP contribution in [-0.4, -0.2) is 34.6 Å². The highest BCUT2D eigenvalue weighted by molar-refractivity contribution is 9.10. The Hall–Kier alpha value is -1.56. The molecule has 0 aromatic heterocycles. The van der Waals surface area contributed by atoms with E-state index in [9.17, 15) is 9.59 Å². The van der Waals surface area contributed by atoms with Crippen LogP contribution in [0.3, 0.4) is 0 Å². The van der Waals surface area contributed by atoms with Gasteiger partial charge in [-0.3, -0.25) is 0 Å². The molecule has 0 fully saturated rings. The standard InChI is InChI=1S/C14H19BrN2O3/c1-4-7-17(9(2)3)14(20)16-12-8-10(15)5-6-11(12)13(18)19/h5-6,8-9H,4,7H2,1-3H3,(H,16,20)(H,18,19). The summed E-state index contributed by atoms with van der Waals surface area (Å²) in [6.45, 7) is 6.47. The molecule has 1 aromatic rings. The van der Waals surface area contributed by atoms with E-state index in [0.717, 1.165) is 6.42 Å². The average Bonchev–Trinajstić information content (AvgIpc) is 2.34. The fourth-order valence-corrected chi connectivity index (χ4v) is 2.19. The first-order valence-electron chi connectivity index (χ1n) is 6.47. The highest BCUT2D eigenvalue weighted by atomic mass is 79.9. The molecule has 0 bridgehead atoms. The van der Waals surface area contributed by atoms with Crippen molar-refractivity contribution in [2.24, 2.45) is 0 Å². The first kappa shape index (κ1) is 16.5. The van der Waals surface area contributed by atoms with Gasteiger partial charge in [0.15, 0.2) is 0 Å². The Morgan fingerprint density at radius 1 is 1.40 bits per heavy atom. The van der Waals surface area contributed by atoms with Gasteiger partial charge in [0.25, 0.3) is 0 Å². The second-order valence-corrected chi connectivity index (χ2v) is 5.63. The second-order valence-electron chi connectivity index (χ2n) is 4.71. The number of carbonyl (C=O) groups excluding carboxylic acids is 1. The molecule has 0 spiro atoms. The lowest BCUT2D eigenvalue weighted by Gasteiger charge is -2.26. The normalized spacial score (nSPS) is 10.4. The minimum Gasteiger partial charge on any atom is -0.478 e. The minimum absolute atomic E-state index is 0.0513. The van der Waals surface area contributed by atoms with Crippen molar-refractivity contribution in [3.05, 3.63) is 28.2 Å². The van der Waals surface area contributed by atoms with Gasteiger partial charge < -0.3 is 15.3 Å². The molecule has 5 nitrogen and oxygen atoms in total. The molecule has 0 saturated carbocycles. The number of amides is 2. The number of carbonyl (C=O) groups is 2. The summed E-state index contributed by atoms with van der Waals surface area (Å²) < 4.78 is 0.712. The van der Waals surface area contributed by atoms with E-state index in [2.05, 4.69) is 21.2 Å². The molecule has 0 saturated heterocycles. The molecule has 0 heterocycles. The Balaban J connectivity index is 2.99. The second kappa shape index (κ2) is 7.28. The number of aromatic carboxylic acids is 1. The number of urea groups is 1. The number of carboxylic acids is 1. The van der Waals surface area contributed by atoms with Gasteiger partial charge >= 0.3 is 12.0 Å². The van der Waals surface area contributed by atoms with Crippen molar-refractivity contribution in [2.45, 2.75) is 33.2 Å². The van der Waals surface area contributed by atoms with E-state index in [1.54, 1.807) is 17.0 Å². The molecule has 0 aliphatic heterocycles. The molecule has 20 heavy (non-hydrogen) atoms. The van der Waals surface area contributed by atoms with E-state index >= 15 is 0 Å². The maximum absolute atomic E-state index is 12.2. The number of nitrogens with one attached hydrogen (secondary N) is 1. The Kier molecular flexibility index (Phi) is 6.01. The van der Waals surface area contributed by atoms with Crippen LogP contribution in [0.15, 0.2) is 22.7 Å². The van der Waals surface area contributed by atoms with Crippen molar-refractivity contribution in [2.75, 3.05) is 11.9 Å². The third kappa shape index (κ3) is 4.23. The Bertz CT molecular complexity index is 503. The zero-order chi connectivity index (χ0) is 15.3. The van der Waals surface area contributed by atoms with E-state index in [4.69, 9.17) is 5.11 Å². The molecule has 6 heteroatoms. The van der Waals surface area contributed by atoms with Gasteiger partial charge in [0, 0.05) is 17.1 Å². The van der Waals surface area contributed by atoms with Crippen LogP contribution >= 0.6 is 15.9 Å². The lowest BCUT2D eigenvalue weighted by Crippen LogP contribution is -2.40. The summed E-state index contributed by atoms with van der Waals surface area (Å²) in [4.78, 5) is 25.1. The summed E-state index contributed by atoms with van der Waals surface area (Å²) in [7, 11) is 0. The van der Waals surface area contributed by atoms with Crippen LogP contribution < -0.4 is 5.32 Å². The van der Waals surface area contributed by atoms with Crippen LogP contribution in [0.25, 0.3) is 0 Å². The van der Waals surface area contributed by atoms with E-state index in [0.29, 0.717) is 16.7 Å². The molecule has 110 valence electrons. The fraction of sp³-hybridized carbons (Fsp3) is 0.429. The number of carboxylic acid groups (broad SMARTS) is 1. The van der Waals surface area contributed by atoms with Crippen LogP contribution in [0.5, 0.6) is 0 Å². The first-order chi connectivity index (χ1) is 9.36. The highest BCUT2D eigenvalue weighted by Crippen LogP contribution is 2.22. The lowest BCUT2D eigenvalue weighted by molar-refractivity contribution is 0.0698. The quantitative estimate of drug-likeness (QED) is 0.854. The first-order valence-corrected chi connectivity index (χ1v) is 7.26. The molecule has 0 atom stereocenters. The largest absolute Gasteiger partial charge is 0.478 e. The summed E-state index contributed by atoms with van der Waals surface area (Å²) >= 11 is 3.27. The van der Waals surface area contributed by atoms with Crippen molar-refractivity contribution in [1.82, 2.24) is 4.90 Å². The third-order valence-electron chi connectivity index (χ3n) is 2.80. The SMILES string of the molecule is CCCN(C(=O)Nc1cc(Br)ccc1C(=O)O)C(C)C. The van der Waals surface area contributed by atoms with Gasteiger partial charge in [0.1, 0.15) is 0 Å². The number of halogens is 1. The van der Waals surface area contributed by atoms with Gasteiger partial charge in [0.2, 0.25) is 0 Å². The number of anilines is 1. The molecule has 2 N–H and O–H groups in total. The number of benzene rings is 1. The van der Waals surface area contributed by atoms with Gasteiger partial charge in [-0.05, 0) is 38.5 Å². The number of hydrogen-bond donors (Lipinski definition) is 2. The van der Waals surface area contributed by atoms with Gasteiger partial charge in [-0.1, -0.05) is 22.9 Å². The van der Waals surface area contributed by atoms with Gasteiger partial charge in [-0.15, -0.1) is 0 Å². The summed E-state index contributed by atoms with van der Waals surface area (Å²) in [5.41, 5.74) is 0.361. The van der Waals surface area contributed by atoms with Gasteiger partial charge in [-0.2, -0.15) is 0 Å². The average molecular weight is 343 g/mol. The van der Waals surface area contributed by atoms with Crippen molar-refractivity contribution in [3.8, 4) is 0 Å². The van der Waals surface area contributed by atoms with Crippen LogP contribution in [0.1, 0.15) is 37.6 Å². The molecule has 0 aliphatic rings. The number of hydrogen-bond acceptors (Lipinski definition) is 2. The molecular weight excluding hydrogens is 324 g/mol. The van der Waals surface area contributed by atoms with E-state index in [1.165, 1.54) is 6.07 Å². The molecule has 0 unspecified atom stereocenters. The van der Waals surface area contributed by atoms with Gasteiger partial charge in [0.05, 0.1) is 11.3 Å². The molecule has 1 rings (SSSR count). The van der Waals surface area contributed by atoms with E-state index < -0.39 is 5.97 Å². The number of nitrogens with zero attached hydrogens (tertiary/aromatic N) is 1. The summed E-state index contributed by atoms with van der Waals surface area (Å²) in [6, 6.07) is 4.44. The molecule has 0 radical (unpaired) electrons. The predicted molar refractivity (Wildman–Crippen MR) is 82.3 cm³/mol.